The molecule has 8 heteroatoms. The number of carbonyl (C=O) groups excluding carboxylic acids is 3. The number of nitrogens with zero attached hydrogens (tertiary/aromatic N) is 1. The minimum Gasteiger partial charge on any atom is -0.497 e. The highest BCUT2D eigenvalue weighted by Crippen LogP contribution is 2.26. The van der Waals surface area contributed by atoms with Gasteiger partial charge in [-0.25, -0.2) is 0 Å². The van der Waals surface area contributed by atoms with E-state index in [1.807, 2.05) is 32.9 Å². The molecule has 1 aliphatic rings. The maximum Gasteiger partial charge on any atom is 0.257 e. The van der Waals surface area contributed by atoms with E-state index in [1.165, 1.54) is 0 Å². The van der Waals surface area contributed by atoms with Crippen molar-refractivity contribution >= 4 is 17.7 Å². The molecule has 1 fully saturated rings. The molecule has 0 radical (unpaired) electrons. The number of ether oxygens (including phenoxy) is 2. The Bertz CT molecular complexity index is 1050. The minimum atomic E-state index is -0.704. The summed E-state index contributed by atoms with van der Waals surface area (Å²) in [6, 6.07) is 13.2. The lowest BCUT2D eigenvalue weighted by Crippen LogP contribution is -2.55. The van der Waals surface area contributed by atoms with Crippen LogP contribution in [0.4, 0.5) is 0 Å². The molecule has 0 aliphatic carbocycles. The second-order valence-electron chi connectivity index (χ2n) is 9.55. The van der Waals surface area contributed by atoms with Crippen molar-refractivity contribution in [3.8, 4) is 11.5 Å². The molecule has 2 aromatic carbocycles. The van der Waals surface area contributed by atoms with Gasteiger partial charge in [0.25, 0.3) is 11.8 Å². The molecule has 194 valence electrons. The van der Waals surface area contributed by atoms with Crippen LogP contribution in [0.2, 0.25) is 0 Å². The van der Waals surface area contributed by atoms with E-state index in [-0.39, 0.29) is 35.6 Å². The number of nitrogens with one attached hydrogen (secondary N) is 2. The standard InChI is InChI=1S/C28H37N3O5/c1-18(2)19(3)29-27(33)25(30-26(32)21-10-12-22(35-4)13-11-21)20-14-16-31(17-15-20)28(34)23-8-6-7-9-24(23)36-5/h6-13,18-20,25H,14-17H2,1-5H3,(H,29,33)(H,30,32). The molecule has 3 rings (SSSR count). The van der Waals surface area contributed by atoms with Gasteiger partial charge in [0.1, 0.15) is 17.5 Å². The first kappa shape index (κ1) is 27.0. The van der Waals surface area contributed by atoms with E-state index in [2.05, 4.69) is 10.6 Å². The van der Waals surface area contributed by atoms with Crippen molar-refractivity contribution in [1.29, 1.82) is 0 Å². The van der Waals surface area contributed by atoms with E-state index in [0.717, 1.165) is 0 Å². The third-order valence-electron chi connectivity index (χ3n) is 6.93. The van der Waals surface area contributed by atoms with Crippen molar-refractivity contribution in [3.05, 3.63) is 59.7 Å². The highest BCUT2D eigenvalue weighted by molar-refractivity contribution is 5.98. The van der Waals surface area contributed by atoms with Crippen LogP contribution in [0.15, 0.2) is 48.5 Å². The molecule has 3 amide bonds. The number of para-hydroxylation sites is 1. The van der Waals surface area contributed by atoms with Gasteiger partial charge < -0.3 is 25.0 Å². The zero-order chi connectivity index (χ0) is 26.2. The van der Waals surface area contributed by atoms with Crippen LogP contribution in [-0.4, -0.2) is 62.0 Å². The van der Waals surface area contributed by atoms with E-state index in [0.29, 0.717) is 48.6 Å². The summed E-state index contributed by atoms with van der Waals surface area (Å²) in [6.07, 6.45) is 1.19. The smallest absolute Gasteiger partial charge is 0.257 e. The number of piperidine rings is 1. The lowest BCUT2D eigenvalue weighted by molar-refractivity contribution is -0.125. The van der Waals surface area contributed by atoms with Crippen LogP contribution in [-0.2, 0) is 4.79 Å². The molecule has 2 unspecified atom stereocenters. The number of hydrogen-bond donors (Lipinski definition) is 2. The van der Waals surface area contributed by atoms with Crippen LogP contribution in [0.1, 0.15) is 54.3 Å². The molecule has 1 aliphatic heterocycles. The van der Waals surface area contributed by atoms with Gasteiger partial charge in [-0.15, -0.1) is 0 Å². The van der Waals surface area contributed by atoms with E-state index in [1.54, 1.807) is 55.5 Å². The fraction of sp³-hybridized carbons (Fsp3) is 0.464. The van der Waals surface area contributed by atoms with Crippen molar-refractivity contribution in [2.75, 3.05) is 27.3 Å². The molecule has 2 N–H and O–H groups in total. The first-order valence-electron chi connectivity index (χ1n) is 12.4. The summed E-state index contributed by atoms with van der Waals surface area (Å²) >= 11 is 0. The maximum absolute atomic E-state index is 13.3. The van der Waals surface area contributed by atoms with Crippen molar-refractivity contribution in [1.82, 2.24) is 15.5 Å². The highest BCUT2D eigenvalue weighted by atomic mass is 16.5. The number of methoxy groups -OCH3 is 2. The van der Waals surface area contributed by atoms with Gasteiger partial charge in [-0.05, 0) is 68.0 Å². The second kappa shape index (κ2) is 12.4. The van der Waals surface area contributed by atoms with Crippen LogP contribution < -0.4 is 20.1 Å². The molecule has 2 atom stereocenters. The molecule has 1 heterocycles. The van der Waals surface area contributed by atoms with Gasteiger partial charge in [0.05, 0.1) is 19.8 Å². The molecule has 36 heavy (non-hydrogen) atoms. The monoisotopic (exact) mass is 495 g/mol. The summed E-state index contributed by atoms with van der Waals surface area (Å²) in [5, 5.41) is 6.02. The van der Waals surface area contributed by atoms with Gasteiger partial charge in [-0.3, -0.25) is 14.4 Å². The van der Waals surface area contributed by atoms with Gasteiger partial charge >= 0.3 is 0 Å². The van der Waals surface area contributed by atoms with Crippen molar-refractivity contribution in [2.24, 2.45) is 11.8 Å². The summed E-state index contributed by atoms with van der Waals surface area (Å²) in [5.74, 6) is 0.730. The molecule has 0 spiro atoms. The number of benzene rings is 2. The zero-order valence-electron chi connectivity index (χ0n) is 21.7. The van der Waals surface area contributed by atoms with E-state index < -0.39 is 6.04 Å². The quantitative estimate of drug-likeness (QED) is 0.555. The third-order valence-corrected chi connectivity index (χ3v) is 6.93. The molecule has 2 aromatic rings. The van der Waals surface area contributed by atoms with Crippen molar-refractivity contribution in [3.63, 3.8) is 0 Å². The third kappa shape index (κ3) is 6.56. The van der Waals surface area contributed by atoms with Crippen molar-refractivity contribution < 1.29 is 23.9 Å². The lowest BCUT2D eigenvalue weighted by Gasteiger charge is -2.36. The van der Waals surface area contributed by atoms with Crippen LogP contribution in [0, 0.1) is 11.8 Å². The van der Waals surface area contributed by atoms with Gasteiger partial charge in [-0.1, -0.05) is 26.0 Å². The number of hydrogen-bond acceptors (Lipinski definition) is 5. The Morgan fingerprint density at radius 3 is 2.11 bits per heavy atom. The second-order valence-corrected chi connectivity index (χ2v) is 9.55. The predicted molar refractivity (Wildman–Crippen MR) is 138 cm³/mol. The SMILES string of the molecule is COc1ccc(C(=O)NC(C(=O)NC(C)C(C)C)C2CCN(C(=O)c3ccccc3OC)CC2)cc1. The lowest BCUT2D eigenvalue weighted by atomic mass is 9.87. The highest BCUT2D eigenvalue weighted by Gasteiger charge is 2.35. The Morgan fingerprint density at radius 1 is 0.889 bits per heavy atom. The molecule has 8 nitrogen and oxygen atoms in total. The van der Waals surface area contributed by atoms with Crippen LogP contribution in [0.5, 0.6) is 11.5 Å². The summed E-state index contributed by atoms with van der Waals surface area (Å²) < 4.78 is 10.5. The Morgan fingerprint density at radius 2 is 1.53 bits per heavy atom. The fourth-order valence-corrected chi connectivity index (χ4v) is 4.27. The average Bonchev–Trinajstić information content (AvgIpc) is 2.91. The predicted octanol–water partition coefficient (Wildman–Crippen LogP) is 3.52. The Labute approximate surface area is 213 Å². The normalized spacial score (nSPS) is 15.7. The number of carbonyl (C=O) groups is 3. The molecule has 0 aromatic heterocycles. The Balaban J connectivity index is 1.73. The van der Waals surface area contributed by atoms with Crippen molar-refractivity contribution in [2.45, 2.75) is 45.7 Å². The Kier molecular flexibility index (Phi) is 9.33. The van der Waals surface area contributed by atoms with Gasteiger partial charge in [-0.2, -0.15) is 0 Å². The molecular weight excluding hydrogens is 458 g/mol. The van der Waals surface area contributed by atoms with Crippen LogP contribution in [0.3, 0.4) is 0 Å². The molecule has 1 saturated heterocycles. The van der Waals surface area contributed by atoms with Crippen LogP contribution in [0.25, 0.3) is 0 Å². The van der Waals surface area contributed by atoms with Gasteiger partial charge in [0.15, 0.2) is 0 Å². The van der Waals surface area contributed by atoms with Gasteiger partial charge in [0, 0.05) is 24.7 Å². The maximum atomic E-state index is 13.3. The fourth-order valence-electron chi connectivity index (χ4n) is 4.27. The van der Waals surface area contributed by atoms with Gasteiger partial charge in [0.2, 0.25) is 5.91 Å². The first-order valence-corrected chi connectivity index (χ1v) is 12.4. The first-order chi connectivity index (χ1) is 17.2. The number of amides is 3. The molecular formula is C28H37N3O5. The zero-order valence-corrected chi connectivity index (χ0v) is 21.7. The number of rotatable bonds is 9. The Hall–Kier alpha value is -3.55. The van der Waals surface area contributed by atoms with Crippen LogP contribution >= 0.6 is 0 Å². The largest absolute Gasteiger partial charge is 0.497 e. The summed E-state index contributed by atoms with van der Waals surface area (Å²) in [4.78, 5) is 41.2. The summed E-state index contributed by atoms with van der Waals surface area (Å²) in [5.41, 5.74) is 0.973. The molecule has 0 saturated carbocycles. The van der Waals surface area contributed by atoms with E-state index in [4.69, 9.17) is 9.47 Å². The average molecular weight is 496 g/mol. The molecule has 0 bridgehead atoms. The summed E-state index contributed by atoms with van der Waals surface area (Å²) in [6.45, 7) is 7.02. The topological polar surface area (TPSA) is 97.0 Å². The summed E-state index contributed by atoms with van der Waals surface area (Å²) in [7, 11) is 3.11. The minimum absolute atomic E-state index is 0.0369. The van der Waals surface area contributed by atoms with E-state index in [9.17, 15) is 14.4 Å². The number of likely N-dealkylation sites (tertiary alicyclic amines) is 1. The van der Waals surface area contributed by atoms with E-state index >= 15 is 0 Å².